The Labute approximate surface area is 201 Å². The van der Waals surface area contributed by atoms with Crippen LogP contribution < -0.4 is 15.1 Å². The van der Waals surface area contributed by atoms with Gasteiger partial charge in [-0.15, -0.1) is 0 Å². The predicted molar refractivity (Wildman–Crippen MR) is 130 cm³/mol. The van der Waals surface area contributed by atoms with Crippen LogP contribution in [0.2, 0.25) is 0 Å². The number of piperazine rings is 1. The van der Waals surface area contributed by atoms with Gasteiger partial charge in [-0.25, -0.2) is 19.2 Å². The van der Waals surface area contributed by atoms with Crippen LogP contribution in [-0.4, -0.2) is 60.9 Å². The Morgan fingerprint density at radius 2 is 1.68 bits per heavy atom. The Kier molecular flexibility index (Phi) is 7.58. The van der Waals surface area contributed by atoms with Crippen LogP contribution in [0.4, 0.5) is 21.6 Å². The van der Waals surface area contributed by atoms with Gasteiger partial charge in [0.2, 0.25) is 5.91 Å². The first-order chi connectivity index (χ1) is 16.5. The molecule has 0 saturated carbocycles. The highest BCUT2D eigenvalue weighted by atomic mass is 32.2. The number of carbonyl (C=O) groups is 2. The minimum atomic E-state index is -0.426. The molecule has 176 valence electrons. The number of halogens is 1. The van der Waals surface area contributed by atoms with Gasteiger partial charge in [0.05, 0.1) is 18.4 Å². The van der Waals surface area contributed by atoms with Gasteiger partial charge in [0.25, 0.3) is 0 Å². The topological polar surface area (TPSA) is 87.7 Å². The van der Waals surface area contributed by atoms with Gasteiger partial charge in [0.1, 0.15) is 23.0 Å². The van der Waals surface area contributed by atoms with E-state index < -0.39 is 5.97 Å². The number of ether oxygens (including phenoxy) is 1. The Morgan fingerprint density at radius 1 is 1.00 bits per heavy atom. The number of anilines is 3. The zero-order valence-corrected chi connectivity index (χ0v) is 19.4. The maximum Gasteiger partial charge on any atom is 0.337 e. The highest BCUT2D eigenvalue weighted by molar-refractivity contribution is 7.99. The lowest BCUT2D eigenvalue weighted by atomic mass is 10.2. The molecule has 0 spiro atoms. The normalized spacial score (nSPS) is 13.5. The SMILES string of the molecule is COC(=O)c1ccc(NC(=O)CSc2cc(N3CCN(c4ccc(F)cc4)CC3)ncn2)cc1. The maximum absolute atomic E-state index is 13.2. The molecule has 1 fully saturated rings. The first kappa shape index (κ1) is 23.5. The molecule has 1 aliphatic heterocycles. The van der Waals surface area contributed by atoms with Crippen LogP contribution >= 0.6 is 11.8 Å². The lowest BCUT2D eigenvalue weighted by molar-refractivity contribution is -0.113. The molecular formula is C24H24FN5O3S. The van der Waals surface area contributed by atoms with Crippen molar-refractivity contribution in [3.63, 3.8) is 0 Å². The van der Waals surface area contributed by atoms with Crippen LogP contribution in [0.5, 0.6) is 0 Å². The quantitative estimate of drug-likeness (QED) is 0.312. The summed E-state index contributed by atoms with van der Waals surface area (Å²) in [6.45, 7) is 3.16. The number of nitrogens with one attached hydrogen (secondary N) is 1. The van der Waals surface area contributed by atoms with Crippen LogP contribution in [0.15, 0.2) is 66.0 Å². The van der Waals surface area contributed by atoms with E-state index in [9.17, 15) is 14.0 Å². The number of amides is 1. The van der Waals surface area contributed by atoms with E-state index in [0.717, 1.165) is 37.7 Å². The van der Waals surface area contributed by atoms with Crippen LogP contribution in [0.25, 0.3) is 0 Å². The van der Waals surface area contributed by atoms with Crippen molar-refractivity contribution >= 4 is 40.8 Å². The number of hydrogen-bond donors (Lipinski definition) is 1. The van der Waals surface area contributed by atoms with E-state index in [4.69, 9.17) is 0 Å². The zero-order valence-electron chi connectivity index (χ0n) is 18.6. The molecule has 8 nitrogen and oxygen atoms in total. The van der Waals surface area contributed by atoms with Crippen molar-refractivity contribution in [3.8, 4) is 0 Å². The van der Waals surface area contributed by atoms with Gasteiger partial charge in [-0.3, -0.25) is 4.79 Å². The lowest BCUT2D eigenvalue weighted by Gasteiger charge is -2.36. The predicted octanol–water partition coefficient (Wildman–Crippen LogP) is 3.46. The highest BCUT2D eigenvalue weighted by Crippen LogP contribution is 2.23. The number of esters is 1. The minimum absolute atomic E-state index is 0.177. The van der Waals surface area contributed by atoms with Crippen LogP contribution in [0, 0.1) is 5.82 Å². The average molecular weight is 482 g/mol. The first-order valence-corrected chi connectivity index (χ1v) is 11.7. The van der Waals surface area contributed by atoms with Crippen molar-refractivity contribution in [3.05, 3.63) is 72.3 Å². The molecule has 3 aromatic rings. The fourth-order valence-corrected chi connectivity index (χ4v) is 4.23. The summed E-state index contributed by atoms with van der Waals surface area (Å²) in [7, 11) is 1.32. The Balaban J connectivity index is 1.28. The Bertz CT molecular complexity index is 1140. The molecule has 2 aromatic carbocycles. The molecular weight excluding hydrogens is 457 g/mol. The number of carbonyl (C=O) groups excluding carboxylic acids is 2. The number of hydrogen-bond acceptors (Lipinski definition) is 8. The van der Waals surface area contributed by atoms with Crippen molar-refractivity contribution in [2.45, 2.75) is 5.03 Å². The molecule has 1 N–H and O–H groups in total. The number of aromatic nitrogens is 2. The van der Waals surface area contributed by atoms with E-state index in [-0.39, 0.29) is 17.5 Å². The van der Waals surface area contributed by atoms with Crippen molar-refractivity contribution in [2.24, 2.45) is 0 Å². The average Bonchev–Trinajstić information content (AvgIpc) is 2.88. The fourth-order valence-electron chi connectivity index (χ4n) is 3.57. The third kappa shape index (κ3) is 6.02. The Morgan fingerprint density at radius 3 is 2.35 bits per heavy atom. The first-order valence-electron chi connectivity index (χ1n) is 10.7. The monoisotopic (exact) mass is 481 g/mol. The molecule has 10 heteroatoms. The van der Waals surface area contributed by atoms with Gasteiger partial charge in [0.15, 0.2) is 0 Å². The third-order valence-electron chi connectivity index (χ3n) is 5.36. The van der Waals surface area contributed by atoms with E-state index in [1.807, 2.05) is 6.07 Å². The van der Waals surface area contributed by atoms with Gasteiger partial charge in [0, 0.05) is 43.6 Å². The van der Waals surface area contributed by atoms with E-state index >= 15 is 0 Å². The second kappa shape index (κ2) is 11.0. The van der Waals surface area contributed by atoms with Crippen LogP contribution in [0.3, 0.4) is 0 Å². The molecule has 1 saturated heterocycles. The molecule has 1 aliphatic rings. The second-order valence-corrected chi connectivity index (χ2v) is 8.57. The molecule has 2 heterocycles. The van der Waals surface area contributed by atoms with Crippen LogP contribution in [0.1, 0.15) is 10.4 Å². The van der Waals surface area contributed by atoms with E-state index in [0.29, 0.717) is 16.3 Å². The van der Waals surface area contributed by atoms with Crippen molar-refractivity contribution in [2.75, 3.05) is 54.2 Å². The number of rotatable bonds is 7. The summed E-state index contributed by atoms with van der Waals surface area (Å²) in [6.07, 6.45) is 1.51. The summed E-state index contributed by atoms with van der Waals surface area (Å²) in [5.74, 6) is 0.162. The molecule has 1 aromatic heterocycles. The summed E-state index contributed by atoms with van der Waals surface area (Å²) in [4.78, 5) is 36.9. The zero-order chi connectivity index (χ0) is 23.9. The number of nitrogens with zero attached hydrogens (tertiary/aromatic N) is 4. The lowest BCUT2D eigenvalue weighted by Crippen LogP contribution is -2.46. The smallest absolute Gasteiger partial charge is 0.337 e. The van der Waals surface area contributed by atoms with Gasteiger partial charge >= 0.3 is 5.97 Å². The molecule has 0 bridgehead atoms. The highest BCUT2D eigenvalue weighted by Gasteiger charge is 2.19. The third-order valence-corrected chi connectivity index (χ3v) is 6.29. The largest absolute Gasteiger partial charge is 0.465 e. The summed E-state index contributed by atoms with van der Waals surface area (Å²) < 4.78 is 17.8. The molecule has 1 amide bonds. The Hall–Kier alpha value is -3.66. The number of thioether (sulfide) groups is 1. The summed E-state index contributed by atoms with van der Waals surface area (Å²) >= 11 is 1.33. The summed E-state index contributed by atoms with van der Waals surface area (Å²) in [5.41, 5.74) is 2.02. The van der Waals surface area contributed by atoms with Crippen LogP contribution in [-0.2, 0) is 9.53 Å². The van der Waals surface area contributed by atoms with E-state index in [2.05, 4.69) is 29.8 Å². The van der Waals surface area contributed by atoms with Crippen molar-refractivity contribution < 1.29 is 18.7 Å². The van der Waals surface area contributed by atoms with Crippen molar-refractivity contribution in [1.82, 2.24) is 9.97 Å². The van der Waals surface area contributed by atoms with Gasteiger partial charge in [-0.1, -0.05) is 11.8 Å². The molecule has 4 rings (SSSR count). The summed E-state index contributed by atoms with van der Waals surface area (Å²) in [5, 5.41) is 3.51. The number of methoxy groups -OCH3 is 1. The second-order valence-electron chi connectivity index (χ2n) is 7.57. The van der Waals surface area contributed by atoms with Gasteiger partial charge < -0.3 is 19.9 Å². The summed E-state index contributed by atoms with van der Waals surface area (Å²) in [6, 6.07) is 14.9. The fraction of sp³-hybridized carbons (Fsp3) is 0.250. The van der Waals surface area contributed by atoms with Gasteiger partial charge in [-0.2, -0.15) is 0 Å². The van der Waals surface area contributed by atoms with E-state index in [1.54, 1.807) is 36.4 Å². The minimum Gasteiger partial charge on any atom is -0.465 e. The maximum atomic E-state index is 13.2. The standard InChI is InChI=1S/C24H24FN5O3S/c1-33-24(32)17-2-6-19(7-3-17)28-22(31)15-34-23-14-21(26-16-27-23)30-12-10-29(11-13-30)20-8-4-18(25)5-9-20/h2-9,14,16H,10-13,15H2,1H3,(H,28,31). The molecule has 0 aliphatic carbocycles. The number of benzene rings is 2. The molecule has 0 atom stereocenters. The molecule has 0 unspecified atom stereocenters. The van der Waals surface area contributed by atoms with E-state index in [1.165, 1.54) is 37.3 Å². The van der Waals surface area contributed by atoms with Crippen molar-refractivity contribution in [1.29, 1.82) is 0 Å². The molecule has 0 radical (unpaired) electrons. The van der Waals surface area contributed by atoms with Gasteiger partial charge in [-0.05, 0) is 48.5 Å². The molecule has 34 heavy (non-hydrogen) atoms.